The standard InChI is InChI=1S/C13H16BrN3O2/c1-9(2)8-17(5-3-4-15)12-11(13(18)19)6-10(14)7-16-12/h6-7,9H,3,5,8H2,1-2H3,(H,18,19). The van der Waals surface area contributed by atoms with E-state index in [2.05, 4.69) is 27.0 Å². The lowest BCUT2D eigenvalue weighted by atomic mass is 10.1. The summed E-state index contributed by atoms with van der Waals surface area (Å²) in [5.41, 5.74) is 0.146. The minimum absolute atomic E-state index is 0.146. The summed E-state index contributed by atoms with van der Waals surface area (Å²) in [5, 5.41) is 17.9. The fourth-order valence-corrected chi connectivity index (χ4v) is 2.08. The quantitative estimate of drug-likeness (QED) is 0.870. The topological polar surface area (TPSA) is 77.2 Å². The number of nitriles is 1. The molecule has 0 fully saturated rings. The van der Waals surface area contributed by atoms with E-state index in [0.29, 0.717) is 35.7 Å². The van der Waals surface area contributed by atoms with Crippen molar-refractivity contribution < 1.29 is 9.90 Å². The van der Waals surface area contributed by atoms with Crippen molar-refractivity contribution in [3.63, 3.8) is 0 Å². The average Bonchev–Trinajstić information content (AvgIpc) is 2.34. The molecule has 0 saturated carbocycles. The minimum atomic E-state index is -1.02. The van der Waals surface area contributed by atoms with Crippen LogP contribution in [-0.2, 0) is 0 Å². The van der Waals surface area contributed by atoms with Crippen molar-refractivity contribution in [3.8, 4) is 6.07 Å². The van der Waals surface area contributed by atoms with Crippen molar-refractivity contribution in [2.45, 2.75) is 20.3 Å². The normalized spacial score (nSPS) is 10.3. The van der Waals surface area contributed by atoms with E-state index < -0.39 is 5.97 Å². The molecule has 0 aliphatic heterocycles. The van der Waals surface area contributed by atoms with Crippen molar-refractivity contribution in [2.75, 3.05) is 18.0 Å². The Morgan fingerprint density at radius 1 is 1.63 bits per heavy atom. The van der Waals surface area contributed by atoms with Crippen molar-refractivity contribution in [3.05, 3.63) is 22.3 Å². The van der Waals surface area contributed by atoms with Crippen molar-refractivity contribution >= 4 is 27.7 Å². The Kier molecular flexibility index (Phi) is 5.77. The van der Waals surface area contributed by atoms with E-state index in [1.165, 1.54) is 6.07 Å². The molecule has 1 heterocycles. The first-order chi connectivity index (χ1) is 8.95. The van der Waals surface area contributed by atoms with Gasteiger partial charge in [0.05, 0.1) is 12.5 Å². The molecular formula is C13H16BrN3O2. The van der Waals surface area contributed by atoms with Crippen molar-refractivity contribution in [1.29, 1.82) is 5.26 Å². The molecule has 0 bridgehead atoms. The molecule has 0 spiro atoms. The third-order valence-corrected chi connectivity index (χ3v) is 2.88. The van der Waals surface area contributed by atoms with Gasteiger partial charge in [0, 0.05) is 23.8 Å². The highest BCUT2D eigenvalue weighted by Crippen LogP contribution is 2.22. The van der Waals surface area contributed by atoms with Crippen LogP contribution >= 0.6 is 15.9 Å². The molecule has 0 atom stereocenters. The molecule has 1 aromatic heterocycles. The predicted molar refractivity (Wildman–Crippen MR) is 76.2 cm³/mol. The second kappa shape index (κ2) is 7.10. The number of carbonyl (C=O) groups is 1. The number of hydrogen-bond acceptors (Lipinski definition) is 4. The van der Waals surface area contributed by atoms with Gasteiger partial charge in [0.2, 0.25) is 0 Å². The summed E-state index contributed by atoms with van der Waals surface area (Å²) < 4.78 is 0.624. The lowest BCUT2D eigenvalue weighted by Crippen LogP contribution is -2.31. The van der Waals surface area contributed by atoms with Gasteiger partial charge in [-0.1, -0.05) is 13.8 Å². The first-order valence-corrected chi connectivity index (χ1v) is 6.75. The van der Waals surface area contributed by atoms with E-state index in [0.717, 1.165) is 0 Å². The van der Waals surface area contributed by atoms with Gasteiger partial charge in [-0.15, -0.1) is 0 Å². The molecule has 0 saturated heterocycles. The van der Waals surface area contributed by atoms with Gasteiger partial charge in [-0.3, -0.25) is 0 Å². The van der Waals surface area contributed by atoms with Gasteiger partial charge >= 0.3 is 5.97 Å². The van der Waals surface area contributed by atoms with Crippen LogP contribution in [0.4, 0.5) is 5.82 Å². The van der Waals surface area contributed by atoms with Gasteiger partial charge in [-0.25, -0.2) is 9.78 Å². The van der Waals surface area contributed by atoms with E-state index in [1.807, 2.05) is 18.7 Å². The molecule has 5 nitrogen and oxygen atoms in total. The fraction of sp³-hybridized carbons (Fsp3) is 0.462. The van der Waals surface area contributed by atoms with Gasteiger partial charge in [0.25, 0.3) is 0 Å². The number of anilines is 1. The van der Waals surface area contributed by atoms with E-state index in [1.54, 1.807) is 6.20 Å². The Labute approximate surface area is 121 Å². The minimum Gasteiger partial charge on any atom is -0.478 e. The van der Waals surface area contributed by atoms with E-state index in [-0.39, 0.29) is 5.56 Å². The summed E-state index contributed by atoms with van der Waals surface area (Å²) in [7, 11) is 0. The molecule has 6 heteroatoms. The van der Waals surface area contributed by atoms with Crippen LogP contribution in [0.5, 0.6) is 0 Å². The third-order valence-electron chi connectivity index (χ3n) is 2.44. The van der Waals surface area contributed by atoms with Crippen molar-refractivity contribution in [2.24, 2.45) is 5.92 Å². The van der Waals surface area contributed by atoms with E-state index in [9.17, 15) is 9.90 Å². The van der Waals surface area contributed by atoms with Crippen LogP contribution in [0.25, 0.3) is 0 Å². The second-order valence-corrected chi connectivity index (χ2v) is 5.49. The number of hydrogen-bond donors (Lipinski definition) is 1. The molecule has 1 N–H and O–H groups in total. The summed E-state index contributed by atoms with van der Waals surface area (Å²) >= 11 is 3.22. The average molecular weight is 326 g/mol. The number of carboxylic acid groups (broad SMARTS) is 1. The maximum absolute atomic E-state index is 11.3. The SMILES string of the molecule is CC(C)CN(CCC#N)c1ncc(Br)cc1C(=O)O. The molecule has 19 heavy (non-hydrogen) atoms. The van der Waals surface area contributed by atoms with Crippen LogP contribution in [0, 0.1) is 17.2 Å². The summed E-state index contributed by atoms with van der Waals surface area (Å²) in [6.07, 6.45) is 1.91. The summed E-state index contributed by atoms with van der Waals surface area (Å²) in [6, 6.07) is 3.61. The highest BCUT2D eigenvalue weighted by atomic mass is 79.9. The fourth-order valence-electron chi connectivity index (χ4n) is 1.75. The van der Waals surface area contributed by atoms with Crippen LogP contribution in [0.3, 0.4) is 0 Å². The van der Waals surface area contributed by atoms with Gasteiger partial charge < -0.3 is 10.0 Å². The number of aromatic nitrogens is 1. The lowest BCUT2D eigenvalue weighted by Gasteiger charge is -2.26. The largest absolute Gasteiger partial charge is 0.478 e. The number of pyridine rings is 1. The number of halogens is 1. The Balaban J connectivity index is 3.13. The molecule has 102 valence electrons. The maximum Gasteiger partial charge on any atom is 0.339 e. The van der Waals surface area contributed by atoms with Gasteiger partial charge in [-0.2, -0.15) is 5.26 Å². The smallest absolute Gasteiger partial charge is 0.339 e. The first kappa shape index (κ1) is 15.4. The Morgan fingerprint density at radius 2 is 2.32 bits per heavy atom. The van der Waals surface area contributed by atoms with Gasteiger partial charge in [0.1, 0.15) is 11.4 Å². The zero-order chi connectivity index (χ0) is 14.4. The third kappa shape index (κ3) is 4.52. The molecule has 0 aromatic carbocycles. The highest BCUT2D eigenvalue weighted by Gasteiger charge is 2.18. The molecule has 1 rings (SSSR count). The van der Waals surface area contributed by atoms with Crippen LogP contribution in [0.1, 0.15) is 30.6 Å². The molecule has 0 aliphatic carbocycles. The summed E-state index contributed by atoms with van der Waals surface area (Å²) in [6.45, 7) is 5.22. The zero-order valence-electron chi connectivity index (χ0n) is 10.9. The predicted octanol–water partition coefficient (Wildman–Crippen LogP) is 2.92. The van der Waals surface area contributed by atoms with Crippen LogP contribution in [0.15, 0.2) is 16.7 Å². The number of rotatable bonds is 6. The summed E-state index contributed by atoms with van der Waals surface area (Å²) in [4.78, 5) is 17.3. The molecule has 0 aliphatic rings. The number of nitrogens with zero attached hydrogens (tertiary/aromatic N) is 3. The van der Waals surface area contributed by atoms with E-state index in [4.69, 9.17) is 5.26 Å². The Morgan fingerprint density at radius 3 is 2.84 bits per heavy atom. The van der Waals surface area contributed by atoms with E-state index >= 15 is 0 Å². The number of aromatic carboxylic acids is 1. The molecule has 0 amide bonds. The zero-order valence-corrected chi connectivity index (χ0v) is 12.5. The van der Waals surface area contributed by atoms with Gasteiger partial charge in [-0.05, 0) is 27.9 Å². The van der Waals surface area contributed by atoms with Crippen LogP contribution < -0.4 is 4.90 Å². The first-order valence-electron chi connectivity index (χ1n) is 5.96. The maximum atomic E-state index is 11.3. The molecule has 1 aromatic rings. The van der Waals surface area contributed by atoms with Crippen LogP contribution in [0.2, 0.25) is 0 Å². The van der Waals surface area contributed by atoms with Crippen LogP contribution in [-0.4, -0.2) is 29.1 Å². The second-order valence-electron chi connectivity index (χ2n) is 4.58. The molecular weight excluding hydrogens is 310 g/mol. The Bertz CT molecular complexity index is 497. The van der Waals surface area contributed by atoms with Crippen molar-refractivity contribution in [1.82, 2.24) is 4.98 Å². The molecule has 0 unspecified atom stereocenters. The highest BCUT2D eigenvalue weighted by molar-refractivity contribution is 9.10. The number of carboxylic acids is 1. The monoisotopic (exact) mass is 325 g/mol. The Hall–Kier alpha value is -1.61. The summed E-state index contributed by atoms with van der Waals surface area (Å²) in [5.74, 6) is -0.250. The lowest BCUT2D eigenvalue weighted by molar-refractivity contribution is 0.0697. The molecule has 0 radical (unpaired) electrons. The van der Waals surface area contributed by atoms with Gasteiger partial charge in [0.15, 0.2) is 0 Å².